The van der Waals surface area contributed by atoms with Crippen molar-refractivity contribution in [3.63, 3.8) is 0 Å². The van der Waals surface area contributed by atoms with Crippen molar-refractivity contribution in [2.24, 2.45) is 0 Å². The van der Waals surface area contributed by atoms with Gasteiger partial charge in [-0.3, -0.25) is 19.4 Å². The van der Waals surface area contributed by atoms with Gasteiger partial charge in [-0.25, -0.2) is 0 Å². The van der Waals surface area contributed by atoms with Gasteiger partial charge in [0.1, 0.15) is 12.6 Å². The van der Waals surface area contributed by atoms with E-state index in [0.717, 1.165) is 30.5 Å². The fourth-order valence-electron chi connectivity index (χ4n) is 3.64. The van der Waals surface area contributed by atoms with Gasteiger partial charge in [-0.1, -0.05) is 17.9 Å². The van der Waals surface area contributed by atoms with Crippen LogP contribution in [-0.2, 0) is 16.0 Å². The summed E-state index contributed by atoms with van der Waals surface area (Å²) in [5.74, 6) is 4.82. The van der Waals surface area contributed by atoms with Crippen LogP contribution in [0, 0.1) is 11.8 Å². The van der Waals surface area contributed by atoms with Crippen LogP contribution in [-0.4, -0.2) is 51.5 Å². The topological polar surface area (TPSA) is 129 Å². The molecule has 0 saturated carbocycles. The van der Waals surface area contributed by atoms with Gasteiger partial charge in [-0.15, -0.1) is 0 Å². The number of carbonyl (C=O) groups excluding carboxylic acids is 3. The van der Waals surface area contributed by atoms with Crippen molar-refractivity contribution in [1.29, 1.82) is 0 Å². The zero-order chi connectivity index (χ0) is 27.3. The third-order valence-electron chi connectivity index (χ3n) is 5.75. The first-order chi connectivity index (χ1) is 18.4. The van der Waals surface area contributed by atoms with E-state index in [1.807, 2.05) is 30.3 Å². The monoisotopic (exact) mass is 513 g/mol. The van der Waals surface area contributed by atoms with Crippen molar-refractivity contribution in [3.05, 3.63) is 95.3 Å². The summed E-state index contributed by atoms with van der Waals surface area (Å²) < 4.78 is 0. The number of aromatic nitrogens is 1. The van der Waals surface area contributed by atoms with E-state index in [1.165, 1.54) is 6.92 Å². The van der Waals surface area contributed by atoms with Gasteiger partial charge < -0.3 is 20.8 Å². The molecular weight excluding hydrogens is 482 g/mol. The number of aryl methyl sites for hydroxylation is 1. The Morgan fingerprint density at radius 3 is 2.16 bits per heavy atom. The molecule has 196 valence electrons. The van der Waals surface area contributed by atoms with Gasteiger partial charge >= 0.3 is 0 Å². The number of nitrogens with zero attached hydrogens (tertiary/aromatic N) is 1. The third-order valence-corrected chi connectivity index (χ3v) is 5.75. The highest BCUT2D eigenvalue weighted by Gasteiger charge is 2.25. The zero-order valence-corrected chi connectivity index (χ0v) is 21.2. The molecule has 8 heteroatoms. The number of unbranched alkanes of at least 4 members (excludes halogenated alkanes) is 1. The van der Waals surface area contributed by atoms with Crippen LogP contribution in [0.15, 0.2) is 72.9 Å². The molecule has 0 unspecified atom stereocenters. The molecule has 2 aromatic carbocycles. The van der Waals surface area contributed by atoms with Crippen molar-refractivity contribution < 1.29 is 24.6 Å². The molecule has 1 heterocycles. The highest BCUT2D eigenvalue weighted by Crippen LogP contribution is 2.12. The summed E-state index contributed by atoms with van der Waals surface area (Å²) in [6.45, 7) is 0.592. The molecule has 3 rings (SSSR count). The normalized spacial score (nSPS) is 12.0. The summed E-state index contributed by atoms with van der Waals surface area (Å²) in [7, 11) is 0. The summed E-state index contributed by atoms with van der Waals surface area (Å²) >= 11 is 0. The number of carbonyl (C=O) groups is 3. The zero-order valence-electron chi connectivity index (χ0n) is 21.2. The van der Waals surface area contributed by atoms with Gasteiger partial charge in [-0.2, -0.15) is 0 Å². The summed E-state index contributed by atoms with van der Waals surface area (Å²) in [4.78, 5) is 40.6. The Hall–Kier alpha value is -4.32. The van der Waals surface area contributed by atoms with Crippen LogP contribution in [0.1, 0.15) is 53.4 Å². The molecule has 3 aromatic rings. The van der Waals surface area contributed by atoms with Crippen LogP contribution in [0.3, 0.4) is 0 Å². The average Bonchev–Trinajstić information content (AvgIpc) is 2.94. The summed E-state index contributed by atoms with van der Waals surface area (Å²) in [6.07, 6.45) is 3.62. The molecule has 38 heavy (non-hydrogen) atoms. The van der Waals surface area contributed by atoms with E-state index in [4.69, 9.17) is 5.11 Å². The maximum atomic E-state index is 12.4. The number of Topliss-reactive ketones (excluding diaryl/α,β-unsaturated/α-hetero) is 1. The first-order valence-electron chi connectivity index (χ1n) is 12.4. The molecule has 0 saturated heterocycles. The quantitative estimate of drug-likeness (QED) is 0.231. The molecule has 1 aromatic heterocycles. The van der Waals surface area contributed by atoms with Crippen molar-refractivity contribution in [1.82, 2.24) is 10.3 Å². The Balaban J connectivity index is 1.47. The summed E-state index contributed by atoms with van der Waals surface area (Å²) in [5, 5.41) is 24.0. The number of amides is 2. The third kappa shape index (κ3) is 8.96. The van der Waals surface area contributed by atoms with E-state index in [-0.39, 0.29) is 5.91 Å². The molecule has 0 aliphatic rings. The van der Waals surface area contributed by atoms with E-state index in [2.05, 4.69) is 27.5 Å². The number of ketones is 1. The average molecular weight is 514 g/mol. The second-order valence-electron chi connectivity index (χ2n) is 8.80. The second-order valence-corrected chi connectivity index (χ2v) is 8.80. The maximum Gasteiger partial charge on any atom is 0.251 e. The van der Waals surface area contributed by atoms with Crippen molar-refractivity contribution >= 4 is 23.3 Å². The van der Waals surface area contributed by atoms with Crippen LogP contribution in [0.2, 0.25) is 0 Å². The van der Waals surface area contributed by atoms with Crippen LogP contribution in [0.4, 0.5) is 5.69 Å². The van der Waals surface area contributed by atoms with E-state index < -0.39 is 30.4 Å². The summed E-state index contributed by atoms with van der Waals surface area (Å²) in [6, 6.07) is 18.4. The molecule has 8 nitrogen and oxygen atoms in total. The number of aliphatic hydroxyl groups is 2. The molecular formula is C30H31N3O5. The number of benzene rings is 2. The van der Waals surface area contributed by atoms with Gasteiger partial charge in [0.25, 0.3) is 5.91 Å². The van der Waals surface area contributed by atoms with Gasteiger partial charge in [0, 0.05) is 40.7 Å². The highest BCUT2D eigenvalue weighted by atomic mass is 16.3. The Kier molecular flexibility index (Phi) is 10.7. The van der Waals surface area contributed by atoms with E-state index in [9.17, 15) is 19.5 Å². The van der Waals surface area contributed by atoms with Gasteiger partial charge in [-0.05, 0) is 86.8 Å². The molecule has 0 aliphatic heterocycles. The standard InChI is InChI=1S/C30H31N3O5/c1-21(35)29(27(36)20-34)33-30(38)24-15-11-22(12-16-24)9-10-23-13-17-26(18-14-23)32-28(37)8-3-2-6-25-7-4-5-19-31-25/h4-5,7,11-19,21,29,34-35H,2-3,6,8,20H2,1H3,(H,32,37)(H,33,38)/t21-,29+/m1/s1. The van der Waals surface area contributed by atoms with Crippen molar-refractivity contribution in [2.45, 2.75) is 44.8 Å². The SMILES string of the molecule is C[C@@H](O)[C@H](NC(=O)c1ccc(C#Cc2ccc(NC(=O)CCCCc3ccccn3)cc2)cc1)C(=O)CO. The number of pyridine rings is 1. The first-order valence-corrected chi connectivity index (χ1v) is 12.4. The number of anilines is 1. The Morgan fingerprint density at radius 2 is 1.58 bits per heavy atom. The van der Waals surface area contributed by atoms with E-state index in [0.29, 0.717) is 23.2 Å². The lowest BCUT2D eigenvalue weighted by molar-refractivity contribution is -0.126. The first kappa shape index (κ1) is 28.3. The number of nitrogens with one attached hydrogen (secondary N) is 2. The molecule has 4 N–H and O–H groups in total. The molecule has 0 spiro atoms. The second kappa shape index (κ2) is 14.4. The van der Waals surface area contributed by atoms with Crippen LogP contribution in [0.5, 0.6) is 0 Å². The minimum atomic E-state index is -1.18. The number of hydrogen-bond acceptors (Lipinski definition) is 6. The predicted molar refractivity (Wildman–Crippen MR) is 144 cm³/mol. The molecule has 2 atom stereocenters. The van der Waals surface area contributed by atoms with Crippen molar-refractivity contribution in [3.8, 4) is 11.8 Å². The van der Waals surface area contributed by atoms with Crippen LogP contribution in [0.25, 0.3) is 0 Å². The molecule has 0 bridgehead atoms. The molecule has 0 radical (unpaired) electrons. The Labute approximate surface area is 222 Å². The van der Waals surface area contributed by atoms with E-state index in [1.54, 1.807) is 42.6 Å². The van der Waals surface area contributed by atoms with Gasteiger partial charge in [0.2, 0.25) is 5.91 Å². The smallest absolute Gasteiger partial charge is 0.251 e. The lowest BCUT2D eigenvalue weighted by Crippen LogP contribution is -2.48. The van der Waals surface area contributed by atoms with Crippen molar-refractivity contribution in [2.75, 3.05) is 11.9 Å². The summed E-state index contributed by atoms with van der Waals surface area (Å²) in [5.41, 5.74) is 3.48. The fraction of sp³-hybridized carbons (Fsp3) is 0.267. The Morgan fingerprint density at radius 1 is 0.921 bits per heavy atom. The van der Waals surface area contributed by atoms with E-state index >= 15 is 0 Å². The molecule has 0 fully saturated rings. The minimum Gasteiger partial charge on any atom is -0.391 e. The maximum absolute atomic E-state index is 12.4. The lowest BCUT2D eigenvalue weighted by Gasteiger charge is -2.19. The highest BCUT2D eigenvalue weighted by molar-refractivity contribution is 5.98. The lowest BCUT2D eigenvalue weighted by atomic mass is 10.1. The van der Waals surface area contributed by atoms with Crippen LogP contribution >= 0.6 is 0 Å². The predicted octanol–water partition coefficient (Wildman–Crippen LogP) is 2.87. The van der Waals surface area contributed by atoms with Gasteiger partial charge in [0.15, 0.2) is 5.78 Å². The molecule has 2 amide bonds. The fourth-order valence-corrected chi connectivity index (χ4v) is 3.64. The van der Waals surface area contributed by atoms with Gasteiger partial charge in [0.05, 0.1) is 6.10 Å². The van der Waals surface area contributed by atoms with Crippen LogP contribution < -0.4 is 10.6 Å². The molecule has 0 aliphatic carbocycles. The number of rotatable bonds is 11. The number of hydrogen-bond donors (Lipinski definition) is 4. The number of aliphatic hydroxyl groups excluding tert-OH is 2. The Bertz CT molecular complexity index is 1280. The largest absolute Gasteiger partial charge is 0.391 e. The minimum absolute atomic E-state index is 0.0329.